The number of urea groups is 1. The lowest BCUT2D eigenvalue weighted by Crippen LogP contribution is -2.65. The number of carboxylic acid groups (broad SMARTS) is 1. The Morgan fingerprint density at radius 3 is 2.40 bits per heavy atom. The zero-order chi connectivity index (χ0) is 15.6. The molecule has 0 saturated carbocycles. The van der Waals surface area contributed by atoms with Gasteiger partial charge in [0.1, 0.15) is 12.2 Å². The van der Waals surface area contributed by atoms with Crippen LogP contribution in [0.3, 0.4) is 0 Å². The molecule has 2 amide bonds. The van der Waals surface area contributed by atoms with E-state index >= 15 is 0 Å². The van der Waals surface area contributed by atoms with Gasteiger partial charge in [0.2, 0.25) is 0 Å². The highest BCUT2D eigenvalue weighted by molar-refractivity contribution is 5.75. The van der Waals surface area contributed by atoms with E-state index in [0.717, 1.165) is 0 Å². The number of ether oxygens (including phenoxy) is 1. The molecule has 1 fully saturated rings. The Bertz CT molecular complexity index is 370. The highest BCUT2D eigenvalue weighted by atomic mass is 16.5. The Balaban J connectivity index is 2.30. The highest BCUT2D eigenvalue weighted by Crippen LogP contribution is 2.26. The van der Waals surface area contributed by atoms with Crippen LogP contribution in [-0.2, 0) is 9.53 Å². The Labute approximate surface area is 120 Å². The molecule has 116 valence electrons. The minimum Gasteiger partial charge on any atom is -0.480 e. The van der Waals surface area contributed by atoms with Crippen molar-refractivity contribution in [3.8, 4) is 0 Å². The first-order valence-electron chi connectivity index (χ1n) is 6.92. The van der Waals surface area contributed by atoms with Crippen LogP contribution in [-0.4, -0.2) is 53.8 Å². The van der Waals surface area contributed by atoms with E-state index in [1.54, 1.807) is 4.90 Å². The zero-order valence-electron chi connectivity index (χ0n) is 13.0. The van der Waals surface area contributed by atoms with Crippen molar-refractivity contribution in [3.05, 3.63) is 0 Å². The van der Waals surface area contributed by atoms with E-state index in [0.29, 0.717) is 25.6 Å². The van der Waals surface area contributed by atoms with E-state index in [9.17, 15) is 9.59 Å². The molecule has 0 spiro atoms. The van der Waals surface area contributed by atoms with Crippen molar-refractivity contribution in [3.63, 3.8) is 0 Å². The predicted octanol–water partition coefficient (Wildman–Crippen LogP) is 1.55. The minimum atomic E-state index is -0.992. The summed E-state index contributed by atoms with van der Waals surface area (Å²) in [5.74, 6) is -0.615. The van der Waals surface area contributed by atoms with E-state index in [1.807, 2.05) is 6.92 Å². The molecule has 1 heterocycles. The maximum absolute atomic E-state index is 11.9. The van der Waals surface area contributed by atoms with Crippen molar-refractivity contribution >= 4 is 12.0 Å². The monoisotopic (exact) mass is 286 g/mol. The van der Waals surface area contributed by atoms with Gasteiger partial charge in [-0.2, -0.15) is 0 Å². The third-order valence-corrected chi connectivity index (χ3v) is 3.92. The fourth-order valence-corrected chi connectivity index (χ4v) is 1.89. The standard InChI is InChI=1S/C14H26N2O4/c1-10(13(2,3)4)6-15-12(19)16-8-14(5,9-16)20-7-11(17)18/h10H,6-9H2,1-5H3,(H,15,19)(H,17,18). The number of carbonyl (C=O) groups excluding carboxylic acids is 1. The van der Waals surface area contributed by atoms with Gasteiger partial charge in [-0.1, -0.05) is 27.7 Å². The van der Waals surface area contributed by atoms with Gasteiger partial charge in [-0.25, -0.2) is 9.59 Å². The zero-order valence-corrected chi connectivity index (χ0v) is 13.0. The molecule has 1 aliphatic rings. The van der Waals surface area contributed by atoms with Gasteiger partial charge in [0.25, 0.3) is 0 Å². The molecule has 0 aromatic rings. The van der Waals surface area contributed by atoms with Gasteiger partial charge in [0, 0.05) is 6.54 Å². The van der Waals surface area contributed by atoms with Crippen LogP contribution >= 0.6 is 0 Å². The van der Waals surface area contributed by atoms with Crippen molar-refractivity contribution in [1.29, 1.82) is 0 Å². The Morgan fingerprint density at radius 2 is 1.95 bits per heavy atom. The molecule has 20 heavy (non-hydrogen) atoms. The first-order chi connectivity index (χ1) is 9.03. The van der Waals surface area contributed by atoms with E-state index in [2.05, 4.69) is 33.0 Å². The summed E-state index contributed by atoms with van der Waals surface area (Å²) in [6.45, 7) is 11.5. The molecule has 1 atom stereocenters. The molecule has 0 bridgehead atoms. The molecule has 1 unspecified atom stereocenters. The quantitative estimate of drug-likeness (QED) is 0.804. The number of hydrogen-bond acceptors (Lipinski definition) is 3. The molecule has 1 aliphatic heterocycles. The van der Waals surface area contributed by atoms with Crippen molar-refractivity contribution in [2.24, 2.45) is 11.3 Å². The largest absolute Gasteiger partial charge is 0.480 e. The maximum Gasteiger partial charge on any atom is 0.329 e. The molecule has 6 nitrogen and oxygen atoms in total. The molecule has 1 rings (SSSR count). The first-order valence-corrected chi connectivity index (χ1v) is 6.92. The number of carboxylic acids is 1. The summed E-state index contributed by atoms with van der Waals surface area (Å²) in [5.41, 5.74) is -0.382. The fourth-order valence-electron chi connectivity index (χ4n) is 1.89. The van der Waals surface area contributed by atoms with Gasteiger partial charge in [-0.3, -0.25) is 0 Å². The number of nitrogens with one attached hydrogen (secondary N) is 1. The molecule has 0 aliphatic carbocycles. The molecular formula is C14H26N2O4. The van der Waals surface area contributed by atoms with Crippen LogP contribution in [0.15, 0.2) is 0 Å². The molecular weight excluding hydrogens is 260 g/mol. The van der Waals surface area contributed by atoms with Gasteiger partial charge in [-0.15, -0.1) is 0 Å². The fraction of sp³-hybridized carbons (Fsp3) is 0.857. The van der Waals surface area contributed by atoms with Gasteiger partial charge in [-0.05, 0) is 18.3 Å². The number of likely N-dealkylation sites (tertiary alicyclic amines) is 1. The summed E-state index contributed by atoms with van der Waals surface area (Å²) in [7, 11) is 0. The van der Waals surface area contributed by atoms with Crippen LogP contribution in [0.1, 0.15) is 34.6 Å². The molecule has 0 radical (unpaired) electrons. The number of rotatable bonds is 5. The van der Waals surface area contributed by atoms with Crippen LogP contribution in [0.25, 0.3) is 0 Å². The van der Waals surface area contributed by atoms with Crippen LogP contribution < -0.4 is 5.32 Å². The third kappa shape index (κ3) is 4.67. The van der Waals surface area contributed by atoms with Crippen molar-refractivity contribution in [1.82, 2.24) is 10.2 Å². The Hall–Kier alpha value is -1.30. The van der Waals surface area contributed by atoms with E-state index in [4.69, 9.17) is 9.84 Å². The summed E-state index contributed by atoms with van der Waals surface area (Å²) >= 11 is 0. The molecule has 2 N–H and O–H groups in total. The van der Waals surface area contributed by atoms with E-state index in [1.165, 1.54) is 0 Å². The Kier molecular flexibility index (Phi) is 5.02. The molecule has 0 aromatic heterocycles. The normalized spacial score (nSPS) is 19.1. The molecule has 6 heteroatoms. The number of nitrogens with zero attached hydrogens (tertiary/aromatic N) is 1. The highest BCUT2D eigenvalue weighted by Gasteiger charge is 2.42. The lowest BCUT2D eigenvalue weighted by Gasteiger charge is -2.47. The van der Waals surface area contributed by atoms with Crippen molar-refractivity contribution in [2.75, 3.05) is 26.2 Å². The second-order valence-electron chi connectivity index (χ2n) is 6.94. The number of hydrogen-bond donors (Lipinski definition) is 2. The average molecular weight is 286 g/mol. The Morgan fingerprint density at radius 1 is 1.40 bits per heavy atom. The number of amides is 2. The van der Waals surface area contributed by atoms with Gasteiger partial charge >= 0.3 is 12.0 Å². The van der Waals surface area contributed by atoms with Crippen molar-refractivity contribution in [2.45, 2.75) is 40.2 Å². The second-order valence-corrected chi connectivity index (χ2v) is 6.94. The average Bonchev–Trinajstić information content (AvgIpc) is 2.28. The predicted molar refractivity (Wildman–Crippen MR) is 75.6 cm³/mol. The summed E-state index contributed by atoms with van der Waals surface area (Å²) in [6.07, 6.45) is 0. The molecule has 1 saturated heterocycles. The summed E-state index contributed by atoms with van der Waals surface area (Å²) in [5, 5.41) is 11.5. The first kappa shape index (κ1) is 16.8. The van der Waals surface area contributed by atoms with Crippen LogP contribution in [0, 0.1) is 11.3 Å². The maximum atomic E-state index is 11.9. The SMILES string of the molecule is CC(CNC(=O)N1CC(C)(OCC(=O)O)C1)C(C)(C)C. The summed E-state index contributed by atoms with van der Waals surface area (Å²) in [6, 6.07) is -0.113. The molecule has 0 aromatic carbocycles. The summed E-state index contributed by atoms with van der Waals surface area (Å²) in [4.78, 5) is 24.0. The van der Waals surface area contributed by atoms with Gasteiger partial charge < -0.3 is 20.1 Å². The lowest BCUT2D eigenvalue weighted by atomic mass is 9.82. The minimum absolute atomic E-state index is 0.113. The summed E-state index contributed by atoms with van der Waals surface area (Å²) < 4.78 is 5.27. The smallest absolute Gasteiger partial charge is 0.329 e. The lowest BCUT2D eigenvalue weighted by molar-refractivity contribution is -0.159. The second kappa shape index (κ2) is 5.99. The van der Waals surface area contributed by atoms with Crippen LogP contribution in [0.2, 0.25) is 0 Å². The van der Waals surface area contributed by atoms with Crippen LogP contribution in [0.4, 0.5) is 4.79 Å². The topological polar surface area (TPSA) is 78.9 Å². The number of aliphatic carboxylic acids is 1. The number of carbonyl (C=O) groups is 2. The van der Waals surface area contributed by atoms with Crippen LogP contribution in [0.5, 0.6) is 0 Å². The van der Waals surface area contributed by atoms with Gasteiger partial charge in [0.15, 0.2) is 0 Å². The van der Waals surface area contributed by atoms with Gasteiger partial charge in [0.05, 0.1) is 13.1 Å². The van der Waals surface area contributed by atoms with E-state index < -0.39 is 11.6 Å². The van der Waals surface area contributed by atoms with E-state index in [-0.39, 0.29) is 18.1 Å². The third-order valence-electron chi connectivity index (χ3n) is 3.92. The van der Waals surface area contributed by atoms with Crippen molar-refractivity contribution < 1.29 is 19.4 Å².